The van der Waals surface area contributed by atoms with Crippen LogP contribution in [0.5, 0.6) is 0 Å². The van der Waals surface area contributed by atoms with Gasteiger partial charge in [-0.15, -0.1) is 0 Å². The molecule has 29 heavy (non-hydrogen) atoms. The second-order valence-electron chi connectivity index (χ2n) is 8.39. The van der Waals surface area contributed by atoms with E-state index in [1.165, 1.54) is 103 Å². The lowest BCUT2D eigenvalue weighted by atomic mass is 10.0. The van der Waals surface area contributed by atoms with Crippen LogP contribution in [0.25, 0.3) is 0 Å². The van der Waals surface area contributed by atoms with Crippen LogP contribution in [0.15, 0.2) is 24.3 Å². The number of nitrogens with zero attached hydrogens (tertiary/aromatic N) is 1. The molecule has 4 heteroatoms. The number of rotatable bonds is 20. The summed E-state index contributed by atoms with van der Waals surface area (Å²) in [4.78, 5) is 10.3. The van der Waals surface area contributed by atoms with Crippen molar-refractivity contribution in [3.8, 4) is 0 Å². The highest BCUT2D eigenvalue weighted by Gasteiger charge is 2.03. The van der Waals surface area contributed by atoms with Gasteiger partial charge in [-0.1, -0.05) is 110 Å². The van der Waals surface area contributed by atoms with E-state index in [0.717, 1.165) is 18.7 Å². The Morgan fingerprint density at radius 3 is 1.41 bits per heavy atom. The van der Waals surface area contributed by atoms with Crippen molar-refractivity contribution in [2.75, 3.05) is 11.9 Å². The third kappa shape index (κ3) is 15.0. The van der Waals surface area contributed by atoms with Crippen molar-refractivity contribution < 1.29 is 4.92 Å². The van der Waals surface area contributed by atoms with Gasteiger partial charge in [0, 0.05) is 24.4 Å². The minimum Gasteiger partial charge on any atom is -0.385 e. The number of hydrogen-bond acceptors (Lipinski definition) is 3. The van der Waals surface area contributed by atoms with Crippen LogP contribution in [-0.4, -0.2) is 11.5 Å². The van der Waals surface area contributed by atoms with Crippen molar-refractivity contribution in [2.45, 2.75) is 116 Å². The van der Waals surface area contributed by atoms with Gasteiger partial charge >= 0.3 is 0 Å². The fraction of sp³-hybridized carbons (Fsp3) is 0.760. The molecule has 1 aromatic carbocycles. The number of nitro benzene ring substituents is 1. The summed E-state index contributed by atoms with van der Waals surface area (Å²) in [5.41, 5.74) is 1.11. The maximum atomic E-state index is 10.6. The predicted molar refractivity (Wildman–Crippen MR) is 126 cm³/mol. The molecule has 0 spiro atoms. The molecule has 1 rings (SSSR count). The van der Waals surface area contributed by atoms with E-state index in [1.54, 1.807) is 24.3 Å². The average Bonchev–Trinajstić information content (AvgIpc) is 2.73. The molecule has 0 aliphatic carbocycles. The van der Waals surface area contributed by atoms with Crippen LogP contribution in [0, 0.1) is 10.1 Å². The molecule has 0 atom stereocenters. The summed E-state index contributed by atoms with van der Waals surface area (Å²) in [6, 6.07) is 6.67. The van der Waals surface area contributed by atoms with E-state index in [2.05, 4.69) is 12.2 Å². The Morgan fingerprint density at radius 2 is 1.03 bits per heavy atom. The van der Waals surface area contributed by atoms with Crippen LogP contribution in [-0.2, 0) is 0 Å². The smallest absolute Gasteiger partial charge is 0.269 e. The van der Waals surface area contributed by atoms with Gasteiger partial charge in [-0.2, -0.15) is 0 Å². The zero-order chi connectivity index (χ0) is 21.0. The van der Waals surface area contributed by atoms with E-state index in [0.29, 0.717) is 0 Å². The lowest BCUT2D eigenvalue weighted by molar-refractivity contribution is -0.384. The van der Waals surface area contributed by atoms with Gasteiger partial charge in [0.1, 0.15) is 0 Å². The van der Waals surface area contributed by atoms with E-state index in [4.69, 9.17) is 0 Å². The van der Waals surface area contributed by atoms with Crippen molar-refractivity contribution in [1.29, 1.82) is 0 Å². The van der Waals surface area contributed by atoms with Gasteiger partial charge in [0.05, 0.1) is 4.92 Å². The van der Waals surface area contributed by atoms with Gasteiger partial charge in [0.2, 0.25) is 0 Å². The number of non-ortho nitro benzene ring substituents is 1. The topological polar surface area (TPSA) is 55.2 Å². The summed E-state index contributed by atoms with van der Waals surface area (Å²) in [7, 11) is 0. The van der Waals surface area contributed by atoms with Crippen molar-refractivity contribution in [1.82, 2.24) is 0 Å². The lowest BCUT2D eigenvalue weighted by Gasteiger charge is -2.06. The van der Waals surface area contributed by atoms with E-state index >= 15 is 0 Å². The van der Waals surface area contributed by atoms with Crippen molar-refractivity contribution in [3.05, 3.63) is 34.4 Å². The van der Waals surface area contributed by atoms with E-state index < -0.39 is 0 Å². The molecule has 0 unspecified atom stereocenters. The molecule has 0 bridgehead atoms. The summed E-state index contributed by atoms with van der Waals surface area (Å²) in [5, 5.41) is 14.0. The number of unbranched alkanes of at least 4 members (excludes halogenated alkanes) is 16. The molecule has 4 nitrogen and oxygen atoms in total. The molecule has 0 aliphatic heterocycles. The van der Waals surface area contributed by atoms with Gasteiger partial charge in [-0.3, -0.25) is 10.1 Å². The van der Waals surface area contributed by atoms with Crippen LogP contribution >= 0.6 is 0 Å². The molecule has 0 radical (unpaired) electrons. The third-order valence-corrected chi connectivity index (χ3v) is 5.69. The molecular formula is C25H44N2O2. The summed E-state index contributed by atoms with van der Waals surface area (Å²) in [5.74, 6) is 0. The molecule has 0 aromatic heterocycles. The monoisotopic (exact) mass is 404 g/mol. The predicted octanol–water partition coefficient (Wildman–Crippen LogP) is 8.66. The second kappa shape index (κ2) is 18.4. The van der Waals surface area contributed by atoms with E-state index in [9.17, 15) is 10.1 Å². The Labute approximate surface area is 179 Å². The summed E-state index contributed by atoms with van der Waals surface area (Å²) in [6.07, 6.45) is 23.6. The molecular weight excluding hydrogens is 360 g/mol. The summed E-state index contributed by atoms with van der Waals surface area (Å²) >= 11 is 0. The number of nitro groups is 1. The van der Waals surface area contributed by atoms with Gasteiger partial charge in [-0.05, 0) is 18.6 Å². The van der Waals surface area contributed by atoms with Crippen molar-refractivity contribution in [2.24, 2.45) is 0 Å². The Bertz CT molecular complexity index is 502. The normalized spacial score (nSPS) is 10.9. The minimum atomic E-state index is -0.361. The summed E-state index contributed by atoms with van der Waals surface area (Å²) < 4.78 is 0. The molecule has 1 N–H and O–H groups in total. The van der Waals surface area contributed by atoms with E-state index in [1.807, 2.05) is 0 Å². The first-order valence-electron chi connectivity index (χ1n) is 12.2. The molecule has 166 valence electrons. The minimum absolute atomic E-state index is 0.147. The second-order valence-corrected chi connectivity index (χ2v) is 8.39. The molecule has 0 fully saturated rings. The number of nitrogens with one attached hydrogen (secondary N) is 1. The Kier molecular flexibility index (Phi) is 16.2. The number of anilines is 1. The molecule has 0 saturated heterocycles. The molecule has 0 heterocycles. The Morgan fingerprint density at radius 1 is 0.655 bits per heavy atom. The maximum Gasteiger partial charge on any atom is 0.269 e. The summed E-state index contributed by atoms with van der Waals surface area (Å²) in [6.45, 7) is 3.22. The zero-order valence-corrected chi connectivity index (χ0v) is 18.8. The van der Waals surface area contributed by atoms with Gasteiger partial charge < -0.3 is 5.32 Å². The van der Waals surface area contributed by atoms with Gasteiger partial charge in [0.15, 0.2) is 0 Å². The number of hydrogen-bond donors (Lipinski definition) is 1. The maximum absolute atomic E-state index is 10.6. The van der Waals surface area contributed by atoms with Crippen LogP contribution in [0.1, 0.15) is 116 Å². The van der Waals surface area contributed by atoms with Gasteiger partial charge in [-0.25, -0.2) is 0 Å². The first-order valence-corrected chi connectivity index (χ1v) is 12.2. The van der Waals surface area contributed by atoms with Crippen LogP contribution in [0.3, 0.4) is 0 Å². The zero-order valence-electron chi connectivity index (χ0n) is 18.8. The highest BCUT2D eigenvalue weighted by Crippen LogP contribution is 2.16. The van der Waals surface area contributed by atoms with Gasteiger partial charge in [0.25, 0.3) is 5.69 Å². The Balaban J connectivity index is 1.77. The highest BCUT2D eigenvalue weighted by atomic mass is 16.6. The molecule has 0 saturated carbocycles. The van der Waals surface area contributed by atoms with Crippen LogP contribution in [0.2, 0.25) is 0 Å². The van der Waals surface area contributed by atoms with Crippen LogP contribution < -0.4 is 5.32 Å². The highest BCUT2D eigenvalue weighted by molar-refractivity contribution is 5.48. The standard InChI is InChI=1S/C25H44N2O2/c1-2-3-4-5-6-7-8-9-10-11-12-13-14-15-16-17-18-23-26-24-19-21-25(22-20-24)27(28)29/h19-22,26H,2-18,23H2,1H3. The fourth-order valence-corrected chi connectivity index (χ4v) is 3.78. The van der Waals surface area contributed by atoms with Crippen LogP contribution in [0.4, 0.5) is 11.4 Å². The van der Waals surface area contributed by atoms with Crippen molar-refractivity contribution in [3.63, 3.8) is 0 Å². The number of benzene rings is 1. The molecule has 1 aromatic rings. The largest absolute Gasteiger partial charge is 0.385 e. The Hall–Kier alpha value is -1.58. The molecule has 0 aliphatic rings. The first kappa shape index (κ1) is 25.5. The third-order valence-electron chi connectivity index (χ3n) is 5.69. The van der Waals surface area contributed by atoms with Crippen molar-refractivity contribution >= 4 is 11.4 Å². The van der Waals surface area contributed by atoms with E-state index in [-0.39, 0.29) is 10.6 Å². The SMILES string of the molecule is CCCCCCCCCCCCCCCCCCCNc1ccc([N+](=O)[O-])cc1. The molecule has 0 amide bonds. The first-order chi connectivity index (χ1) is 14.2. The lowest BCUT2D eigenvalue weighted by Crippen LogP contribution is -2.01. The quantitative estimate of drug-likeness (QED) is 0.134. The fourth-order valence-electron chi connectivity index (χ4n) is 3.78. The average molecular weight is 405 g/mol.